The number of ether oxygens (including phenoxy) is 1. The number of nitrogen functional groups attached to an aromatic ring is 1. The van der Waals surface area contributed by atoms with Crippen LogP contribution in [0.3, 0.4) is 0 Å². The summed E-state index contributed by atoms with van der Waals surface area (Å²) in [7, 11) is 0. The van der Waals surface area contributed by atoms with Crippen LogP contribution >= 0.6 is 0 Å². The number of aryl methyl sites for hydroxylation is 2. The Morgan fingerprint density at radius 2 is 1.74 bits per heavy atom. The van der Waals surface area contributed by atoms with E-state index in [1.54, 1.807) is 10.7 Å². The first kappa shape index (κ1) is 25.2. The van der Waals surface area contributed by atoms with Crippen LogP contribution in [0.5, 0.6) is 5.75 Å². The molecule has 0 bridgehead atoms. The van der Waals surface area contributed by atoms with Crippen molar-refractivity contribution >= 4 is 17.5 Å². The number of carbonyl (C=O) groups excluding carboxylic acids is 1. The first-order valence-corrected chi connectivity index (χ1v) is 13.7. The summed E-state index contributed by atoms with van der Waals surface area (Å²) >= 11 is 0. The van der Waals surface area contributed by atoms with Gasteiger partial charge in [-0.2, -0.15) is 4.98 Å². The molecule has 4 aromatic rings. The fourth-order valence-corrected chi connectivity index (χ4v) is 5.67. The number of nitrogens with zero attached hydrogens (tertiary/aromatic N) is 7. The molecule has 1 amide bonds. The second-order valence-corrected chi connectivity index (χ2v) is 10.5. The lowest BCUT2D eigenvalue weighted by Crippen LogP contribution is -2.45. The van der Waals surface area contributed by atoms with Gasteiger partial charge in [-0.15, -0.1) is 5.10 Å². The fourth-order valence-electron chi connectivity index (χ4n) is 5.67. The number of hydrogen-bond acceptors (Lipinski definition) is 8. The Labute approximate surface area is 227 Å². The molecule has 10 heteroatoms. The third-order valence-electron chi connectivity index (χ3n) is 7.77. The van der Waals surface area contributed by atoms with Gasteiger partial charge in [-0.3, -0.25) is 4.79 Å². The summed E-state index contributed by atoms with van der Waals surface area (Å²) < 4.78 is 7.65. The van der Waals surface area contributed by atoms with Crippen molar-refractivity contribution in [2.45, 2.75) is 52.2 Å². The smallest absolute Gasteiger partial charge is 0.253 e. The number of carbonyl (C=O) groups is 1. The Hall–Kier alpha value is -4.05. The van der Waals surface area contributed by atoms with E-state index in [1.807, 2.05) is 55.1 Å². The highest BCUT2D eigenvalue weighted by Crippen LogP contribution is 2.28. The van der Waals surface area contributed by atoms with Gasteiger partial charge in [-0.25, -0.2) is 14.5 Å². The molecule has 0 atom stereocenters. The molecule has 2 aliphatic rings. The summed E-state index contributed by atoms with van der Waals surface area (Å²) in [6.07, 6.45) is 6.44. The monoisotopic (exact) mass is 526 g/mol. The molecule has 0 saturated carbocycles. The molecule has 2 aliphatic heterocycles. The quantitative estimate of drug-likeness (QED) is 0.405. The number of likely N-dealkylation sites (tertiary alicyclic amines) is 2. The van der Waals surface area contributed by atoms with Gasteiger partial charge in [0.2, 0.25) is 0 Å². The summed E-state index contributed by atoms with van der Waals surface area (Å²) in [4.78, 5) is 30.9. The number of fused-ring (bicyclic) bond motifs is 1. The normalized spacial score (nSPS) is 16.7. The van der Waals surface area contributed by atoms with Crippen LogP contribution in [0.25, 0.3) is 16.9 Å². The topological polar surface area (TPSA) is 115 Å². The number of benzene rings is 1. The van der Waals surface area contributed by atoms with Crippen molar-refractivity contribution in [1.29, 1.82) is 0 Å². The molecule has 3 aromatic heterocycles. The molecule has 10 nitrogen and oxygen atoms in total. The second-order valence-electron chi connectivity index (χ2n) is 10.5. The highest BCUT2D eigenvalue weighted by Gasteiger charge is 2.28. The molecular formula is C29H34N8O2. The van der Waals surface area contributed by atoms with E-state index >= 15 is 0 Å². The molecule has 0 spiro atoms. The van der Waals surface area contributed by atoms with Crippen LogP contribution in [0.1, 0.15) is 53.3 Å². The van der Waals surface area contributed by atoms with Gasteiger partial charge >= 0.3 is 0 Å². The number of aromatic nitrogens is 5. The van der Waals surface area contributed by atoms with Crippen LogP contribution in [-0.4, -0.2) is 72.5 Å². The van der Waals surface area contributed by atoms with Crippen LogP contribution in [0, 0.1) is 13.8 Å². The number of rotatable bonds is 6. The minimum atomic E-state index is 0.0979. The molecule has 0 radical (unpaired) electrons. The van der Waals surface area contributed by atoms with Crippen molar-refractivity contribution in [3.8, 4) is 16.9 Å². The molecule has 2 N–H and O–H groups in total. The molecule has 1 aromatic carbocycles. The zero-order valence-corrected chi connectivity index (χ0v) is 22.5. The van der Waals surface area contributed by atoms with Crippen molar-refractivity contribution < 1.29 is 9.53 Å². The van der Waals surface area contributed by atoms with Crippen LogP contribution in [0.4, 0.5) is 5.82 Å². The van der Waals surface area contributed by atoms with Crippen LogP contribution in [-0.2, 0) is 6.61 Å². The zero-order valence-electron chi connectivity index (χ0n) is 22.5. The number of hydrogen-bond donors (Lipinski definition) is 1. The molecule has 202 valence electrons. The molecule has 2 saturated heterocycles. The number of anilines is 1. The van der Waals surface area contributed by atoms with E-state index in [0.29, 0.717) is 29.0 Å². The Kier molecular flexibility index (Phi) is 6.86. The average molecular weight is 527 g/mol. The van der Waals surface area contributed by atoms with Gasteiger partial charge in [-0.1, -0.05) is 12.1 Å². The summed E-state index contributed by atoms with van der Waals surface area (Å²) in [6.45, 7) is 8.08. The van der Waals surface area contributed by atoms with Crippen molar-refractivity contribution in [2.75, 3.05) is 31.9 Å². The third kappa shape index (κ3) is 5.29. The summed E-state index contributed by atoms with van der Waals surface area (Å²) in [5.41, 5.74) is 10.4. The molecule has 39 heavy (non-hydrogen) atoms. The van der Waals surface area contributed by atoms with Crippen LogP contribution in [0.15, 0.2) is 42.6 Å². The van der Waals surface area contributed by atoms with Gasteiger partial charge in [0.1, 0.15) is 6.61 Å². The lowest BCUT2D eigenvalue weighted by Gasteiger charge is -2.36. The molecule has 5 heterocycles. The van der Waals surface area contributed by atoms with E-state index in [9.17, 15) is 4.79 Å². The first-order chi connectivity index (χ1) is 18.9. The van der Waals surface area contributed by atoms with Crippen molar-refractivity contribution in [1.82, 2.24) is 34.4 Å². The second kappa shape index (κ2) is 10.6. The first-order valence-electron chi connectivity index (χ1n) is 13.7. The number of amides is 1. The molecular weight excluding hydrogens is 492 g/mol. The van der Waals surface area contributed by atoms with E-state index in [4.69, 9.17) is 10.5 Å². The molecule has 0 unspecified atom stereocenters. The maximum atomic E-state index is 13.1. The Morgan fingerprint density at radius 3 is 2.49 bits per heavy atom. The molecule has 2 fully saturated rings. The van der Waals surface area contributed by atoms with Crippen molar-refractivity contribution in [2.24, 2.45) is 0 Å². The van der Waals surface area contributed by atoms with Gasteiger partial charge in [-0.05, 0) is 82.4 Å². The summed E-state index contributed by atoms with van der Waals surface area (Å²) in [5, 5.41) is 4.49. The van der Waals surface area contributed by atoms with Gasteiger partial charge in [0, 0.05) is 47.8 Å². The predicted octanol–water partition coefficient (Wildman–Crippen LogP) is 3.66. The Morgan fingerprint density at radius 1 is 1.00 bits per heavy atom. The minimum absolute atomic E-state index is 0.0979. The van der Waals surface area contributed by atoms with Gasteiger partial charge < -0.3 is 20.3 Å². The zero-order chi connectivity index (χ0) is 26.9. The average Bonchev–Trinajstić information content (AvgIpc) is 3.63. The highest BCUT2D eigenvalue weighted by atomic mass is 16.5. The third-order valence-corrected chi connectivity index (χ3v) is 7.77. The van der Waals surface area contributed by atoms with E-state index in [-0.39, 0.29) is 18.3 Å². The molecule has 6 rings (SSSR count). The Balaban J connectivity index is 1.11. The van der Waals surface area contributed by atoms with Gasteiger partial charge in [0.05, 0.1) is 0 Å². The van der Waals surface area contributed by atoms with Gasteiger partial charge in [0.25, 0.3) is 11.7 Å². The van der Waals surface area contributed by atoms with Crippen molar-refractivity contribution in [3.05, 3.63) is 65.4 Å². The summed E-state index contributed by atoms with van der Waals surface area (Å²) in [6, 6.07) is 12.1. The largest absolute Gasteiger partial charge is 0.482 e. The van der Waals surface area contributed by atoms with Gasteiger partial charge in [0.15, 0.2) is 17.4 Å². The fraction of sp³-hybridized carbons (Fsp3) is 0.414. The summed E-state index contributed by atoms with van der Waals surface area (Å²) in [5.74, 6) is 1.88. The standard InChI is InChI=1S/C29H34N8O2/c1-19-15-20(2)37-29(32-19)33-26(34-37)18-39-25-16-23(17-31-27(25)30)21-5-7-22(8-6-21)28(38)36-13-9-24(10-14-36)35-11-3-4-12-35/h5-8,15-17,24H,3-4,9-14,18H2,1-2H3,(H2,30,31). The van der Waals surface area contributed by atoms with Crippen LogP contribution in [0.2, 0.25) is 0 Å². The van der Waals surface area contributed by atoms with Crippen molar-refractivity contribution in [3.63, 3.8) is 0 Å². The number of pyridine rings is 1. The molecule has 0 aliphatic carbocycles. The maximum Gasteiger partial charge on any atom is 0.253 e. The maximum absolute atomic E-state index is 13.1. The number of piperidine rings is 1. The number of nitrogens with two attached hydrogens (primary N) is 1. The minimum Gasteiger partial charge on any atom is -0.482 e. The van der Waals surface area contributed by atoms with E-state index in [0.717, 1.165) is 48.4 Å². The lowest BCUT2D eigenvalue weighted by molar-refractivity contribution is 0.0644. The highest BCUT2D eigenvalue weighted by molar-refractivity contribution is 5.94. The van der Waals surface area contributed by atoms with E-state index in [1.165, 1.54) is 25.9 Å². The lowest BCUT2D eigenvalue weighted by atomic mass is 10.0. The van der Waals surface area contributed by atoms with Crippen LogP contribution < -0.4 is 10.5 Å². The van der Waals surface area contributed by atoms with E-state index < -0.39 is 0 Å². The van der Waals surface area contributed by atoms with E-state index in [2.05, 4.69) is 25.0 Å². The predicted molar refractivity (Wildman–Crippen MR) is 148 cm³/mol. The Bertz CT molecular complexity index is 1490. The SMILES string of the molecule is Cc1cc(C)n2nc(COc3cc(-c4ccc(C(=O)N5CCC(N6CCCC6)CC5)cc4)cnc3N)nc2n1.